The van der Waals surface area contributed by atoms with Crippen molar-refractivity contribution >= 4 is 8.32 Å². The van der Waals surface area contributed by atoms with E-state index in [-0.39, 0.29) is 0 Å². The van der Waals surface area contributed by atoms with Gasteiger partial charge in [-0.2, -0.15) is 0 Å². The summed E-state index contributed by atoms with van der Waals surface area (Å²) in [6.45, 7) is 8.82. The standard InChI is InChI=1S/C14H28OSi/c1-5-6-7-8-9-10-11-12-13-14-15-16(2,3)4/h11-14H,5-10H2,1-4H3. The third kappa shape index (κ3) is 13.5. The minimum Gasteiger partial charge on any atom is -0.550 e. The van der Waals surface area contributed by atoms with Gasteiger partial charge in [0.2, 0.25) is 8.32 Å². The molecule has 0 N–H and O–H groups in total. The second kappa shape index (κ2) is 9.70. The minimum absolute atomic E-state index is 1.20. The lowest BCUT2D eigenvalue weighted by atomic mass is 10.1. The van der Waals surface area contributed by atoms with Crippen LogP contribution in [0, 0.1) is 0 Å². The molecule has 0 fully saturated rings. The van der Waals surface area contributed by atoms with Crippen LogP contribution in [0.2, 0.25) is 19.6 Å². The summed E-state index contributed by atoms with van der Waals surface area (Å²) in [4.78, 5) is 0. The van der Waals surface area contributed by atoms with Crippen LogP contribution in [0.1, 0.15) is 45.4 Å². The first-order chi connectivity index (χ1) is 7.56. The lowest BCUT2D eigenvalue weighted by molar-refractivity contribution is 0.479. The molecule has 0 aromatic rings. The van der Waals surface area contributed by atoms with Crippen molar-refractivity contribution in [2.24, 2.45) is 0 Å². The first-order valence-electron chi connectivity index (χ1n) is 6.56. The molecule has 0 rings (SSSR count). The maximum absolute atomic E-state index is 5.60. The predicted molar refractivity (Wildman–Crippen MR) is 76.1 cm³/mol. The van der Waals surface area contributed by atoms with E-state index >= 15 is 0 Å². The largest absolute Gasteiger partial charge is 0.550 e. The number of rotatable bonds is 9. The molecular formula is C14H28OSi. The molecule has 0 aliphatic heterocycles. The van der Waals surface area contributed by atoms with E-state index < -0.39 is 8.32 Å². The van der Waals surface area contributed by atoms with Gasteiger partial charge in [0.1, 0.15) is 0 Å². The lowest BCUT2D eigenvalue weighted by Gasteiger charge is -2.14. The summed E-state index contributed by atoms with van der Waals surface area (Å²) in [5.74, 6) is 0. The Hall–Kier alpha value is -0.503. The highest BCUT2D eigenvalue weighted by Gasteiger charge is 2.12. The molecule has 0 heterocycles. The second-order valence-corrected chi connectivity index (χ2v) is 9.65. The summed E-state index contributed by atoms with van der Waals surface area (Å²) in [5.41, 5.74) is 0. The van der Waals surface area contributed by atoms with Crippen LogP contribution in [0.3, 0.4) is 0 Å². The lowest BCUT2D eigenvalue weighted by Crippen LogP contribution is -2.21. The monoisotopic (exact) mass is 240 g/mol. The van der Waals surface area contributed by atoms with Crippen LogP contribution >= 0.6 is 0 Å². The van der Waals surface area contributed by atoms with Crippen LogP contribution in [0.15, 0.2) is 24.5 Å². The molecule has 0 atom stereocenters. The topological polar surface area (TPSA) is 9.23 Å². The van der Waals surface area contributed by atoms with E-state index in [0.717, 1.165) is 0 Å². The quantitative estimate of drug-likeness (QED) is 0.231. The summed E-state index contributed by atoms with van der Waals surface area (Å²) in [7, 11) is -1.37. The molecule has 0 aliphatic carbocycles. The Morgan fingerprint density at radius 2 is 1.62 bits per heavy atom. The number of allylic oxidation sites excluding steroid dienone is 3. The van der Waals surface area contributed by atoms with Crippen molar-refractivity contribution in [1.29, 1.82) is 0 Å². The van der Waals surface area contributed by atoms with Gasteiger partial charge in [0.15, 0.2) is 0 Å². The van der Waals surface area contributed by atoms with E-state index in [9.17, 15) is 0 Å². The Kier molecular flexibility index (Phi) is 9.40. The van der Waals surface area contributed by atoms with Gasteiger partial charge in [0.25, 0.3) is 0 Å². The minimum atomic E-state index is -1.37. The van der Waals surface area contributed by atoms with Crippen molar-refractivity contribution in [3.8, 4) is 0 Å². The smallest absolute Gasteiger partial charge is 0.241 e. The van der Waals surface area contributed by atoms with Crippen LogP contribution < -0.4 is 0 Å². The van der Waals surface area contributed by atoms with Crippen molar-refractivity contribution in [3.63, 3.8) is 0 Å². The van der Waals surface area contributed by atoms with Gasteiger partial charge in [-0.05, 0) is 38.6 Å². The molecule has 1 nitrogen and oxygen atoms in total. The molecule has 0 aromatic heterocycles. The van der Waals surface area contributed by atoms with Crippen molar-refractivity contribution in [2.75, 3.05) is 0 Å². The summed E-state index contributed by atoms with van der Waals surface area (Å²) in [6.07, 6.45) is 16.1. The predicted octanol–water partition coefficient (Wildman–Crippen LogP) is 5.27. The van der Waals surface area contributed by atoms with Gasteiger partial charge in [0.05, 0.1) is 6.26 Å². The van der Waals surface area contributed by atoms with Crippen LogP contribution in [0.5, 0.6) is 0 Å². The molecule has 0 aliphatic rings. The van der Waals surface area contributed by atoms with Gasteiger partial charge in [-0.1, -0.05) is 44.8 Å². The first kappa shape index (κ1) is 15.5. The molecule has 0 spiro atoms. The van der Waals surface area contributed by atoms with Crippen molar-refractivity contribution < 1.29 is 4.43 Å². The maximum Gasteiger partial charge on any atom is 0.241 e. The molecule has 2 heteroatoms. The highest BCUT2D eigenvalue weighted by atomic mass is 28.4. The zero-order valence-electron chi connectivity index (χ0n) is 11.5. The average molecular weight is 240 g/mol. The Bertz CT molecular complexity index is 201. The van der Waals surface area contributed by atoms with E-state index in [0.29, 0.717) is 0 Å². The molecule has 0 bridgehead atoms. The fourth-order valence-electron chi connectivity index (χ4n) is 1.33. The van der Waals surface area contributed by atoms with Gasteiger partial charge >= 0.3 is 0 Å². The molecule has 94 valence electrons. The normalized spacial score (nSPS) is 12.8. The van der Waals surface area contributed by atoms with Crippen molar-refractivity contribution in [1.82, 2.24) is 0 Å². The summed E-state index contributed by atoms with van der Waals surface area (Å²) in [5, 5.41) is 0. The molecule has 0 saturated heterocycles. The number of hydrogen-bond acceptors (Lipinski definition) is 1. The molecule has 0 saturated carbocycles. The molecule has 0 amide bonds. The Labute approximate surface area is 103 Å². The van der Waals surface area contributed by atoms with E-state index in [1.54, 1.807) is 0 Å². The molecule has 0 unspecified atom stereocenters. The van der Waals surface area contributed by atoms with Gasteiger partial charge in [0, 0.05) is 0 Å². The summed E-state index contributed by atoms with van der Waals surface area (Å²) < 4.78 is 5.60. The van der Waals surface area contributed by atoms with Crippen LogP contribution in [0.4, 0.5) is 0 Å². The summed E-state index contributed by atoms with van der Waals surface area (Å²) in [6, 6.07) is 0. The summed E-state index contributed by atoms with van der Waals surface area (Å²) >= 11 is 0. The van der Waals surface area contributed by atoms with Crippen molar-refractivity contribution in [3.05, 3.63) is 24.5 Å². The SMILES string of the molecule is CCCCCCCC=CC=CO[Si](C)(C)C. The first-order valence-corrected chi connectivity index (χ1v) is 9.96. The third-order valence-corrected chi connectivity index (χ3v) is 3.06. The highest BCUT2D eigenvalue weighted by Crippen LogP contribution is 2.05. The number of hydrogen-bond donors (Lipinski definition) is 0. The molecule has 16 heavy (non-hydrogen) atoms. The van der Waals surface area contributed by atoms with Gasteiger partial charge in [-0.15, -0.1) is 0 Å². The van der Waals surface area contributed by atoms with E-state index in [4.69, 9.17) is 4.43 Å². The fourth-order valence-corrected chi connectivity index (χ4v) is 1.82. The third-order valence-electron chi connectivity index (χ3n) is 2.22. The molecule has 0 aromatic carbocycles. The molecule has 0 radical (unpaired) electrons. The number of unbranched alkanes of at least 4 members (excludes halogenated alkanes) is 5. The van der Waals surface area contributed by atoms with E-state index in [2.05, 4.69) is 38.7 Å². The zero-order chi connectivity index (χ0) is 12.3. The van der Waals surface area contributed by atoms with Crippen LogP contribution in [-0.2, 0) is 4.43 Å². The Morgan fingerprint density at radius 1 is 0.938 bits per heavy atom. The van der Waals surface area contributed by atoms with Gasteiger partial charge < -0.3 is 4.43 Å². The van der Waals surface area contributed by atoms with E-state index in [1.165, 1.54) is 38.5 Å². The van der Waals surface area contributed by atoms with Crippen LogP contribution in [-0.4, -0.2) is 8.32 Å². The molecular weight excluding hydrogens is 212 g/mol. The van der Waals surface area contributed by atoms with Crippen molar-refractivity contribution in [2.45, 2.75) is 65.1 Å². The van der Waals surface area contributed by atoms with Gasteiger partial charge in [-0.3, -0.25) is 0 Å². The van der Waals surface area contributed by atoms with E-state index in [1.807, 2.05) is 12.3 Å². The van der Waals surface area contributed by atoms with Gasteiger partial charge in [-0.25, -0.2) is 0 Å². The highest BCUT2D eigenvalue weighted by molar-refractivity contribution is 6.69. The Balaban J connectivity index is 3.34. The van der Waals surface area contributed by atoms with Crippen LogP contribution in [0.25, 0.3) is 0 Å². The fraction of sp³-hybridized carbons (Fsp3) is 0.714. The second-order valence-electron chi connectivity index (χ2n) is 5.19. The Morgan fingerprint density at radius 3 is 2.25 bits per heavy atom. The maximum atomic E-state index is 5.60. The average Bonchev–Trinajstić information content (AvgIpc) is 2.19. The zero-order valence-corrected chi connectivity index (χ0v) is 12.5.